The lowest BCUT2D eigenvalue weighted by atomic mass is 9.52. The van der Waals surface area contributed by atoms with Gasteiger partial charge in [0, 0.05) is 6.42 Å². The van der Waals surface area contributed by atoms with Crippen LogP contribution in [-0.4, -0.2) is 55.4 Å². The molecule has 4 saturated carbocycles. The first-order valence-corrected chi connectivity index (χ1v) is 9.74. The molecule has 4 aliphatic carbocycles. The number of hydrogen-bond donors (Lipinski definition) is 0. The molecule has 0 N–H and O–H groups in total. The highest BCUT2D eigenvalue weighted by atomic mass is 32.2. The molecular weight excluding hydrogens is 346 g/mol. The van der Waals surface area contributed by atoms with E-state index in [-0.39, 0.29) is 11.7 Å². The zero-order valence-corrected chi connectivity index (χ0v) is 14.0. The molecule has 5 fully saturated rings. The Morgan fingerprint density at radius 3 is 2.17 bits per heavy atom. The number of hydrogen-bond acceptors (Lipinski definition) is 6. The quantitative estimate of drug-likeness (QED) is 0.502. The second kappa shape index (κ2) is 5.33. The van der Waals surface area contributed by atoms with Gasteiger partial charge in [0.15, 0.2) is 10.1 Å². The van der Waals surface area contributed by atoms with E-state index >= 15 is 0 Å². The number of halogens is 2. The van der Waals surface area contributed by atoms with Gasteiger partial charge in [-0.25, -0.2) is 8.42 Å². The topological polar surface area (TPSA) is 88.2 Å². The molecule has 138 valence electrons. The van der Waals surface area contributed by atoms with E-state index in [1.165, 1.54) is 0 Å². The third kappa shape index (κ3) is 3.09. The summed E-state index contributed by atoms with van der Waals surface area (Å²) in [7, 11) is -5.72. The predicted octanol–water partition coefficient (Wildman–Crippen LogP) is 1.65. The third-order valence-corrected chi connectivity index (χ3v) is 6.69. The summed E-state index contributed by atoms with van der Waals surface area (Å²) < 4.78 is 75.8. The molecule has 0 aromatic carbocycles. The summed E-state index contributed by atoms with van der Waals surface area (Å²) >= 11 is 0. The predicted molar refractivity (Wildman–Crippen MR) is 76.4 cm³/mol. The zero-order valence-electron chi connectivity index (χ0n) is 13.2. The summed E-state index contributed by atoms with van der Waals surface area (Å²) in [5.41, 5.74) is -1.19. The molecule has 3 atom stereocenters. The van der Waals surface area contributed by atoms with Gasteiger partial charge in [-0.3, -0.25) is 0 Å². The minimum atomic E-state index is -5.72. The van der Waals surface area contributed by atoms with Gasteiger partial charge < -0.3 is 18.8 Å². The van der Waals surface area contributed by atoms with Crippen LogP contribution in [0.2, 0.25) is 0 Å². The lowest BCUT2D eigenvalue weighted by Crippen LogP contribution is -2.61. The molecule has 1 heterocycles. The van der Waals surface area contributed by atoms with Crippen LogP contribution in [0.1, 0.15) is 38.5 Å². The zero-order chi connectivity index (χ0) is 17.2. The van der Waals surface area contributed by atoms with Gasteiger partial charge in [-0.05, 0) is 43.9 Å². The Balaban J connectivity index is 1.48. The number of ether oxygens (including phenoxy) is 3. The average molecular weight is 367 g/mol. The first-order valence-electron chi connectivity index (χ1n) is 8.33. The Morgan fingerprint density at radius 2 is 1.67 bits per heavy atom. The fourth-order valence-electron chi connectivity index (χ4n) is 5.18. The number of rotatable bonds is 7. The van der Waals surface area contributed by atoms with Gasteiger partial charge in [-0.1, -0.05) is 0 Å². The smallest absolute Gasteiger partial charge is 0.357 e. The van der Waals surface area contributed by atoms with Crippen molar-refractivity contribution in [3.05, 3.63) is 0 Å². The molecule has 24 heavy (non-hydrogen) atoms. The molecule has 0 aromatic rings. The molecule has 1 saturated heterocycles. The van der Waals surface area contributed by atoms with Crippen LogP contribution in [0.4, 0.5) is 8.78 Å². The second-order valence-corrected chi connectivity index (χ2v) is 9.48. The van der Waals surface area contributed by atoms with Crippen molar-refractivity contribution in [2.75, 3.05) is 19.8 Å². The van der Waals surface area contributed by atoms with E-state index in [1.807, 2.05) is 0 Å². The van der Waals surface area contributed by atoms with Crippen LogP contribution in [0.5, 0.6) is 0 Å². The highest BCUT2D eigenvalue weighted by molar-refractivity contribution is 7.86. The molecule has 0 amide bonds. The van der Waals surface area contributed by atoms with Crippen molar-refractivity contribution in [1.82, 2.24) is 0 Å². The monoisotopic (exact) mass is 367 g/mol. The van der Waals surface area contributed by atoms with Crippen molar-refractivity contribution in [2.45, 2.75) is 61.1 Å². The second-order valence-electron chi connectivity index (χ2n) is 7.97. The van der Waals surface area contributed by atoms with Crippen LogP contribution in [0.3, 0.4) is 0 Å². The van der Waals surface area contributed by atoms with Crippen LogP contribution in [0, 0.1) is 11.8 Å². The summed E-state index contributed by atoms with van der Waals surface area (Å²) in [4.78, 5) is 0. The molecule has 4 bridgehead atoms. The highest BCUT2D eigenvalue weighted by Gasteiger charge is 2.60. The first kappa shape index (κ1) is 17.1. The molecule has 6 nitrogen and oxygen atoms in total. The highest BCUT2D eigenvalue weighted by Crippen LogP contribution is 2.60. The van der Waals surface area contributed by atoms with E-state index in [9.17, 15) is 21.8 Å². The minimum Gasteiger partial charge on any atom is -0.743 e. The third-order valence-electron chi connectivity index (χ3n) is 5.84. The molecule has 9 heteroatoms. The maximum Gasteiger partial charge on any atom is 0.357 e. The first-order chi connectivity index (χ1) is 11.1. The van der Waals surface area contributed by atoms with Crippen molar-refractivity contribution in [3.63, 3.8) is 0 Å². The van der Waals surface area contributed by atoms with E-state index in [1.54, 1.807) is 0 Å². The van der Waals surface area contributed by atoms with Crippen molar-refractivity contribution in [1.29, 1.82) is 0 Å². The molecule has 1 aliphatic heterocycles. The molecule has 5 aliphatic rings. The van der Waals surface area contributed by atoms with Crippen LogP contribution in [0.15, 0.2) is 0 Å². The standard InChI is InChI=1S/C15H22F2O6S/c16-15(17,24(18,19)20)9-23-14-4-10-1-11(5-14)3-13(2-10,8-14)22-7-12-6-21-12/h10-12H,1-9H2,(H,18,19,20)/p-1. The van der Waals surface area contributed by atoms with E-state index in [0.29, 0.717) is 44.3 Å². The lowest BCUT2D eigenvalue weighted by molar-refractivity contribution is -0.247. The summed E-state index contributed by atoms with van der Waals surface area (Å²) in [5, 5.41) is -4.40. The Hall–Kier alpha value is -0.350. The van der Waals surface area contributed by atoms with E-state index in [0.717, 1.165) is 19.3 Å². The summed E-state index contributed by atoms with van der Waals surface area (Å²) in [6.45, 7) is -0.182. The SMILES string of the molecule is O=S(=O)([O-])C(F)(F)COC12CC3CC(CC(OCC4CO4)(C3)C1)C2. The Labute approximate surface area is 139 Å². The number of epoxide rings is 1. The Kier molecular flexibility index (Phi) is 3.79. The fourth-order valence-corrected chi connectivity index (χ4v) is 5.38. The normalized spacial score (nSPS) is 44.0. The average Bonchev–Trinajstić information content (AvgIpc) is 3.25. The van der Waals surface area contributed by atoms with Crippen molar-refractivity contribution in [2.24, 2.45) is 11.8 Å². The maximum absolute atomic E-state index is 13.5. The Morgan fingerprint density at radius 1 is 1.12 bits per heavy atom. The fraction of sp³-hybridized carbons (Fsp3) is 1.00. The van der Waals surface area contributed by atoms with Gasteiger partial charge in [0.2, 0.25) is 0 Å². The van der Waals surface area contributed by atoms with Gasteiger partial charge in [-0.2, -0.15) is 8.78 Å². The summed E-state index contributed by atoms with van der Waals surface area (Å²) in [6, 6.07) is 0. The Bertz CT molecular complexity index is 603. The lowest BCUT2D eigenvalue weighted by Gasteiger charge is -2.61. The molecule has 0 spiro atoms. The molecule has 5 rings (SSSR count). The van der Waals surface area contributed by atoms with Crippen LogP contribution < -0.4 is 0 Å². The van der Waals surface area contributed by atoms with Gasteiger partial charge in [0.1, 0.15) is 12.7 Å². The van der Waals surface area contributed by atoms with Crippen LogP contribution in [-0.2, 0) is 24.3 Å². The maximum atomic E-state index is 13.5. The van der Waals surface area contributed by atoms with Crippen LogP contribution >= 0.6 is 0 Å². The van der Waals surface area contributed by atoms with E-state index in [2.05, 4.69) is 0 Å². The largest absolute Gasteiger partial charge is 0.743 e. The van der Waals surface area contributed by atoms with Crippen molar-refractivity contribution in [3.8, 4) is 0 Å². The van der Waals surface area contributed by atoms with E-state index < -0.39 is 27.6 Å². The van der Waals surface area contributed by atoms with E-state index in [4.69, 9.17) is 14.2 Å². The molecule has 0 aromatic heterocycles. The number of alkyl halides is 2. The molecule has 0 radical (unpaired) electrons. The summed E-state index contributed by atoms with van der Waals surface area (Å²) in [5.74, 6) is 0.674. The summed E-state index contributed by atoms with van der Waals surface area (Å²) in [6.07, 6.45) is 4.67. The van der Waals surface area contributed by atoms with Crippen molar-refractivity contribution < 1.29 is 36.0 Å². The minimum absolute atomic E-state index is 0.129. The van der Waals surface area contributed by atoms with Crippen molar-refractivity contribution >= 4 is 10.1 Å². The van der Waals surface area contributed by atoms with Gasteiger partial charge >= 0.3 is 5.25 Å². The van der Waals surface area contributed by atoms with Gasteiger partial charge in [-0.15, -0.1) is 0 Å². The molecular formula is C15H21F2O6S-. The van der Waals surface area contributed by atoms with Gasteiger partial charge in [0.25, 0.3) is 0 Å². The molecule has 3 unspecified atom stereocenters. The van der Waals surface area contributed by atoms with Crippen LogP contribution in [0.25, 0.3) is 0 Å². The van der Waals surface area contributed by atoms with Gasteiger partial charge in [0.05, 0.1) is 24.4 Å².